The Labute approximate surface area is 184 Å². The zero-order valence-electron chi connectivity index (χ0n) is 18.6. The van der Waals surface area contributed by atoms with Gasteiger partial charge in [0, 0.05) is 23.6 Å². The zero-order valence-corrected chi connectivity index (χ0v) is 19.4. The molecule has 3 aromatic rings. The van der Waals surface area contributed by atoms with Gasteiger partial charge in [-0.3, -0.25) is 4.98 Å². The molecule has 1 aliphatic rings. The molecule has 0 amide bonds. The molecule has 0 aliphatic carbocycles. The molecule has 5 heteroatoms. The van der Waals surface area contributed by atoms with E-state index < -0.39 is 0 Å². The van der Waals surface area contributed by atoms with Crippen LogP contribution in [0.1, 0.15) is 59.7 Å². The predicted octanol–water partition coefficient (Wildman–Crippen LogP) is 5.49. The molecule has 30 heavy (non-hydrogen) atoms. The summed E-state index contributed by atoms with van der Waals surface area (Å²) >= 11 is 5.77. The molecular formula is C25H30N4S. The molecule has 2 aromatic heterocycles. The fourth-order valence-corrected chi connectivity index (χ4v) is 5.30. The smallest absolute Gasteiger partial charge is 0.170 e. The topological polar surface area (TPSA) is 33.1 Å². The number of nitrogens with zero attached hydrogens (tertiary/aromatic N) is 3. The molecule has 4 nitrogen and oxygen atoms in total. The summed E-state index contributed by atoms with van der Waals surface area (Å²) in [6.45, 7) is 13.2. The van der Waals surface area contributed by atoms with Crippen molar-refractivity contribution in [1.82, 2.24) is 19.8 Å². The predicted molar refractivity (Wildman–Crippen MR) is 127 cm³/mol. The van der Waals surface area contributed by atoms with Crippen molar-refractivity contribution in [3.8, 4) is 5.69 Å². The van der Waals surface area contributed by atoms with Crippen molar-refractivity contribution in [2.45, 2.75) is 59.7 Å². The zero-order chi connectivity index (χ0) is 21.6. The van der Waals surface area contributed by atoms with Crippen molar-refractivity contribution in [2.75, 3.05) is 0 Å². The number of nitrogens with one attached hydrogen (secondary N) is 1. The van der Waals surface area contributed by atoms with Crippen LogP contribution < -0.4 is 5.32 Å². The molecule has 0 unspecified atom stereocenters. The first-order valence-electron chi connectivity index (χ1n) is 10.6. The highest BCUT2D eigenvalue weighted by Gasteiger charge is 2.42. The highest BCUT2D eigenvalue weighted by Crippen LogP contribution is 2.42. The van der Waals surface area contributed by atoms with Crippen LogP contribution in [0.3, 0.4) is 0 Å². The van der Waals surface area contributed by atoms with Crippen LogP contribution in [0.15, 0.2) is 48.7 Å². The van der Waals surface area contributed by atoms with Gasteiger partial charge in [0.2, 0.25) is 0 Å². The fraction of sp³-hybridized carbons (Fsp3) is 0.360. The highest BCUT2D eigenvalue weighted by molar-refractivity contribution is 7.80. The Bertz CT molecular complexity index is 1060. The Balaban J connectivity index is 1.90. The second-order valence-electron chi connectivity index (χ2n) is 8.53. The van der Waals surface area contributed by atoms with Crippen molar-refractivity contribution in [1.29, 1.82) is 0 Å². The van der Waals surface area contributed by atoms with E-state index in [0.717, 1.165) is 10.8 Å². The van der Waals surface area contributed by atoms with Gasteiger partial charge in [-0.25, -0.2) is 0 Å². The summed E-state index contributed by atoms with van der Waals surface area (Å²) in [7, 11) is 0. The maximum absolute atomic E-state index is 5.77. The van der Waals surface area contributed by atoms with Gasteiger partial charge in [0.25, 0.3) is 0 Å². The lowest BCUT2D eigenvalue weighted by atomic mass is 9.96. The number of hydrogen-bond acceptors (Lipinski definition) is 2. The molecule has 1 aromatic carbocycles. The Morgan fingerprint density at radius 1 is 1.00 bits per heavy atom. The van der Waals surface area contributed by atoms with Gasteiger partial charge in [0.05, 0.1) is 23.5 Å². The van der Waals surface area contributed by atoms with E-state index in [1.807, 2.05) is 18.3 Å². The number of aromatic nitrogens is 2. The van der Waals surface area contributed by atoms with Gasteiger partial charge in [-0.15, -0.1) is 0 Å². The average Bonchev–Trinajstić information content (AvgIpc) is 3.19. The molecular weight excluding hydrogens is 388 g/mol. The minimum absolute atomic E-state index is 0.0213. The second-order valence-corrected chi connectivity index (χ2v) is 8.92. The lowest BCUT2D eigenvalue weighted by molar-refractivity contribution is 0.269. The summed E-state index contributed by atoms with van der Waals surface area (Å²) in [5.41, 5.74) is 8.65. The van der Waals surface area contributed by atoms with Gasteiger partial charge in [0.15, 0.2) is 5.11 Å². The molecule has 1 fully saturated rings. The molecule has 0 spiro atoms. The number of hydrogen-bond donors (Lipinski definition) is 1. The quantitative estimate of drug-likeness (QED) is 0.568. The van der Waals surface area contributed by atoms with E-state index in [1.54, 1.807) is 0 Å². The molecule has 1 N–H and O–H groups in total. The summed E-state index contributed by atoms with van der Waals surface area (Å²) in [4.78, 5) is 6.98. The molecule has 2 atom stereocenters. The van der Waals surface area contributed by atoms with Crippen LogP contribution in [0.4, 0.5) is 0 Å². The third-order valence-corrected chi connectivity index (χ3v) is 6.47. The van der Waals surface area contributed by atoms with Crippen LogP contribution in [0.5, 0.6) is 0 Å². The van der Waals surface area contributed by atoms with Crippen LogP contribution in [0.2, 0.25) is 0 Å². The lowest BCUT2D eigenvalue weighted by Gasteiger charge is -2.31. The molecule has 3 heterocycles. The van der Waals surface area contributed by atoms with Gasteiger partial charge < -0.3 is 14.8 Å². The van der Waals surface area contributed by atoms with Gasteiger partial charge >= 0.3 is 0 Å². The summed E-state index contributed by atoms with van der Waals surface area (Å²) < 4.78 is 2.40. The van der Waals surface area contributed by atoms with E-state index in [1.165, 1.54) is 33.8 Å². The molecule has 1 saturated heterocycles. The van der Waals surface area contributed by atoms with E-state index in [9.17, 15) is 0 Å². The van der Waals surface area contributed by atoms with Crippen LogP contribution in [-0.2, 0) is 0 Å². The average molecular weight is 419 g/mol. The number of thiocarbonyl (C=S) groups is 1. The Hall–Kier alpha value is -2.66. The van der Waals surface area contributed by atoms with Crippen molar-refractivity contribution in [3.63, 3.8) is 0 Å². The van der Waals surface area contributed by atoms with Crippen LogP contribution in [0.25, 0.3) is 5.69 Å². The first kappa shape index (κ1) is 20.6. The van der Waals surface area contributed by atoms with Crippen molar-refractivity contribution >= 4 is 17.3 Å². The number of pyridine rings is 1. The normalized spacial score (nSPS) is 18.9. The van der Waals surface area contributed by atoms with E-state index in [0.29, 0.717) is 0 Å². The molecule has 0 saturated carbocycles. The van der Waals surface area contributed by atoms with E-state index in [4.69, 9.17) is 12.2 Å². The van der Waals surface area contributed by atoms with Gasteiger partial charge in [-0.05, 0) is 88.6 Å². The first-order chi connectivity index (χ1) is 14.3. The summed E-state index contributed by atoms with van der Waals surface area (Å²) in [6.07, 6.45) is 1.86. The van der Waals surface area contributed by atoms with E-state index >= 15 is 0 Å². The summed E-state index contributed by atoms with van der Waals surface area (Å²) in [5.74, 6) is 0. The van der Waals surface area contributed by atoms with Crippen LogP contribution >= 0.6 is 12.2 Å². The number of benzene rings is 1. The SMILES string of the molecule is Cc1cccc(C)c1-n1c(C)cc([C@H]2[C@@H](c3ccccn3)NC(=S)N2C(C)C)c1C. The van der Waals surface area contributed by atoms with Crippen molar-refractivity contribution in [3.05, 3.63) is 82.4 Å². The minimum atomic E-state index is 0.0213. The van der Waals surface area contributed by atoms with Crippen molar-refractivity contribution in [2.24, 2.45) is 0 Å². The third kappa shape index (κ3) is 3.31. The summed E-state index contributed by atoms with van der Waals surface area (Å²) in [5, 5.41) is 4.35. The largest absolute Gasteiger partial charge is 0.352 e. The molecule has 1 aliphatic heterocycles. The molecule has 0 bridgehead atoms. The number of para-hydroxylation sites is 1. The fourth-order valence-electron chi connectivity index (χ4n) is 4.84. The van der Waals surface area contributed by atoms with Crippen molar-refractivity contribution < 1.29 is 0 Å². The molecule has 0 radical (unpaired) electrons. The maximum atomic E-state index is 5.77. The number of aryl methyl sites for hydroxylation is 3. The monoisotopic (exact) mass is 418 g/mol. The van der Waals surface area contributed by atoms with Gasteiger partial charge in [-0.1, -0.05) is 24.3 Å². The molecule has 156 valence electrons. The standard InChI is InChI=1S/C25H30N4S/c1-15(2)28-24(22(27-25(28)30)21-12-7-8-13-26-21)20-14-18(5)29(19(20)6)23-16(3)10-9-11-17(23)4/h7-15,22,24H,1-6H3,(H,27,30)/t22-,24+/m1/s1. The third-order valence-electron chi connectivity index (χ3n) is 6.14. The van der Waals surface area contributed by atoms with Gasteiger partial charge in [0.1, 0.15) is 0 Å². The number of rotatable bonds is 4. The van der Waals surface area contributed by atoms with E-state index in [-0.39, 0.29) is 18.1 Å². The summed E-state index contributed by atoms with van der Waals surface area (Å²) in [6, 6.07) is 15.3. The Morgan fingerprint density at radius 2 is 1.70 bits per heavy atom. The second kappa shape index (κ2) is 7.88. The first-order valence-corrected chi connectivity index (χ1v) is 11.0. The minimum Gasteiger partial charge on any atom is -0.352 e. The Morgan fingerprint density at radius 3 is 2.30 bits per heavy atom. The highest BCUT2D eigenvalue weighted by atomic mass is 32.1. The van der Waals surface area contributed by atoms with Gasteiger partial charge in [-0.2, -0.15) is 0 Å². The Kier molecular flexibility index (Phi) is 5.41. The van der Waals surface area contributed by atoms with E-state index in [2.05, 4.69) is 91.6 Å². The van der Waals surface area contributed by atoms with Crippen LogP contribution in [0, 0.1) is 27.7 Å². The maximum Gasteiger partial charge on any atom is 0.170 e. The molecule has 4 rings (SSSR count). The lowest BCUT2D eigenvalue weighted by Crippen LogP contribution is -2.35. The van der Waals surface area contributed by atoms with Crippen LogP contribution in [-0.4, -0.2) is 25.6 Å².